The quantitative estimate of drug-likeness (QED) is 0.442. The van der Waals surface area contributed by atoms with Crippen molar-refractivity contribution in [1.82, 2.24) is 30.8 Å². The molecule has 2 bridgehead atoms. The highest BCUT2D eigenvalue weighted by Crippen LogP contribution is 2.27. The van der Waals surface area contributed by atoms with Crippen LogP contribution in [0.25, 0.3) is 0 Å². The molecule has 0 saturated carbocycles. The van der Waals surface area contributed by atoms with Gasteiger partial charge in [-0.1, -0.05) is 13.8 Å². The number of amides is 4. The average molecular weight is 538 g/mol. The Kier molecular flexibility index (Phi) is 8.95. The van der Waals surface area contributed by atoms with Crippen molar-refractivity contribution in [2.24, 2.45) is 5.92 Å². The van der Waals surface area contributed by atoms with E-state index in [0.29, 0.717) is 18.8 Å². The third-order valence-electron chi connectivity index (χ3n) is 6.75. The highest BCUT2D eigenvalue weighted by molar-refractivity contribution is 5.99. The van der Waals surface area contributed by atoms with Gasteiger partial charge in [-0.25, -0.2) is 4.98 Å². The van der Waals surface area contributed by atoms with E-state index in [1.54, 1.807) is 18.2 Å². The minimum absolute atomic E-state index is 0.0670. The number of methoxy groups -OCH3 is 1. The number of pyridine rings is 2. The molecule has 2 aliphatic rings. The van der Waals surface area contributed by atoms with Gasteiger partial charge in [0.15, 0.2) is 0 Å². The van der Waals surface area contributed by atoms with Gasteiger partial charge in [0.05, 0.1) is 13.7 Å². The third-order valence-corrected chi connectivity index (χ3v) is 6.75. The molecule has 1 atom stereocenters. The van der Waals surface area contributed by atoms with Crippen LogP contribution in [0.2, 0.25) is 0 Å². The Labute approximate surface area is 227 Å². The lowest BCUT2D eigenvalue weighted by molar-refractivity contribution is -0.124. The van der Waals surface area contributed by atoms with Gasteiger partial charge in [-0.15, -0.1) is 0 Å². The van der Waals surface area contributed by atoms with Gasteiger partial charge in [-0.3, -0.25) is 24.2 Å². The maximum absolute atomic E-state index is 13.6. The minimum Gasteiger partial charge on any atom is -0.480 e. The highest BCUT2D eigenvalue weighted by Gasteiger charge is 2.28. The predicted molar refractivity (Wildman–Crippen MR) is 144 cm³/mol. The first-order valence-corrected chi connectivity index (χ1v) is 13.2. The van der Waals surface area contributed by atoms with Crippen LogP contribution in [-0.4, -0.2) is 84.4 Å². The lowest BCUT2D eigenvalue weighted by atomic mass is 10.0. The van der Waals surface area contributed by atoms with Gasteiger partial charge in [0.25, 0.3) is 11.8 Å². The van der Waals surface area contributed by atoms with Crippen LogP contribution in [-0.2, 0) is 22.4 Å². The molecule has 0 radical (unpaired) electrons. The third kappa shape index (κ3) is 6.81. The van der Waals surface area contributed by atoms with E-state index in [9.17, 15) is 19.2 Å². The van der Waals surface area contributed by atoms with Crippen molar-refractivity contribution in [2.45, 2.75) is 39.2 Å². The number of carbonyl (C=O) groups is 4. The Bertz CT molecular complexity index is 1250. The molecule has 4 rings (SSSR count). The number of ether oxygens (including phenoxy) is 1. The van der Waals surface area contributed by atoms with Crippen LogP contribution in [0, 0.1) is 5.92 Å². The number of aryl methyl sites for hydroxylation is 2. The molecule has 1 aliphatic heterocycles. The van der Waals surface area contributed by atoms with Crippen molar-refractivity contribution in [1.29, 1.82) is 0 Å². The van der Waals surface area contributed by atoms with E-state index < -0.39 is 23.8 Å². The highest BCUT2D eigenvalue weighted by atomic mass is 16.5. The minimum atomic E-state index is -0.819. The number of anilines is 1. The number of hydrogen-bond acceptors (Lipinski definition) is 8. The molecule has 12 nitrogen and oxygen atoms in total. The Hall–Kier alpha value is -4.22. The topological polar surface area (TPSA) is 155 Å². The monoisotopic (exact) mass is 537 g/mol. The van der Waals surface area contributed by atoms with Crippen LogP contribution < -0.4 is 26.0 Å². The second-order valence-corrected chi connectivity index (χ2v) is 9.92. The molecule has 2 aromatic heterocycles. The van der Waals surface area contributed by atoms with Crippen molar-refractivity contribution >= 4 is 29.3 Å². The molecule has 4 amide bonds. The molecule has 0 saturated heterocycles. The van der Waals surface area contributed by atoms with Crippen molar-refractivity contribution < 1.29 is 23.9 Å². The summed E-state index contributed by atoms with van der Waals surface area (Å²) in [4.78, 5) is 62.4. The number of carbonyl (C=O) groups excluding carboxylic acids is 4. The van der Waals surface area contributed by atoms with Gasteiger partial charge in [0.1, 0.15) is 17.3 Å². The molecule has 0 aromatic carbocycles. The van der Waals surface area contributed by atoms with E-state index in [1.807, 2.05) is 13.8 Å². The number of nitrogens with one attached hydrogen (secondary N) is 4. The SMILES string of the molecule is COc1nc2c(cc1C(=O)N1CCNC(=O)[C@H](C(C)C)NC(=O)c3cc(ccn3)NCCNC(=O)C1)CCC2. The van der Waals surface area contributed by atoms with Gasteiger partial charge in [-0.05, 0) is 48.9 Å². The summed E-state index contributed by atoms with van der Waals surface area (Å²) in [5, 5.41) is 11.5. The zero-order valence-electron chi connectivity index (χ0n) is 22.5. The lowest BCUT2D eigenvalue weighted by Crippen LogP contribution is -2.51. The fourth-order valence-electron chi connectivity index (χ4n) is 4.66. The second-order valence-electron chi connectivity index (χ2n) is 9.92. The van der Waals surface area contributed by atoms with Crippen LogP contribution >= 0.6 is 0 Å². The fourth-order valence-corrected chi connectivity index (χ4v) is 4.66. The Balaban J connectivity index is 1.57. The van der Waals surface area contributed by atoms with E-state index >= 15 is 0 Å². The summed E-state index contributed by atoms with van der Waals surface area (Å²) in [6.07, 6.45) is 4.12. The molecule has 3 heterocycles. The first-order valence-electron chi connectivity index (χ1n) is 13.2. The summed E-state index contributed by atoms with van der Waals surface area (Å²) >= 11 is 0. The van der Waals surface area contributed by atoms with Crippen molar-refractivity contribution in [3.63, 3.8) is 0 Å². The second kappa shape index (κ2) is 12.5. The Morgan fingerprint density at radius 1 is 1.08 bits per heavy atom. The summed E-state index contributed by atoms with van der Waals surface area (Å²) in [6, 6.07) is 4.27. The number of fused-ring (bicyclic) bond motifs is 3. The van der Waals surface area contributed by atoms with Gasteiger partial charge in [-0.2, -0.15) is 0 Å². The van der Waals surface area contributed by atoms with Gasteiger partial charge in [0, 0.05) is 43.8 Å². The molecule has 0 spiro atoms. The summed E-state index contributed by atoms with van der Waals surface area (Å²) in [6.45, 7) is 4.27. The summed E-state index contributed by atoms with van der Waals surface area (Å²) < 4.78 is 5.42. The molecule has 4 N–H and O–H groups in total. The molecule has 1 aliphatic carbocycles. The molecule has 0 fully saturated rings. The van der Waals surface area contributed by atoms with Gasteiger partial charge in [0.2, 0.25) is 17.7 Å². The van der Waals surface area contributed by atoms with Crippen molar-refractivity contribution in [3.05, 3.63) is 46.9 Å². The lowest BCUT2D eigenvalue weighted by Gasteiger charge is -2.25. The van der Waals surface area contributed by atoms with Gasteiger partial charge >= 0.3 is 0 Å². The Morgan fingerprint density at radius 3 is 2.64 bits per heavy atom. The van der Waals surface area contributed by atoms with Crippen molar-refractivity contribution in [2.75, 3.05) is 45.2 Å². The summed E-state index contributed by atoms with van der Waals surface area (Å²) in [5.41, 5.74) is 3.02. The Morgan fingerprint density at radius 2 is 1.87 bits per heavy atom. The first kappa shape index (κ1) is 27.8. The van der Waals surface area contributed by atoms with E-state index in [2.05, 4.69) is 31.2 Å². The molecule has 208 valence electrons. The molecule has 39 heavy (non-hydrogen) atoms. The number of nitrogens with zero attached hydrogens (tertiary/aromatic N) is 3. The van der Waals surface area contributed by atoms with E-state index in [-0.39, 0.29) is 48.6 Å². The average Bonchev–Trinajstić information content (AvgIpc) is 3.39. The molecule has 12 heteroatoms. The van der Waals surface area contributed by atoms with E-state index in [0.717, 1.165) is 30.5 Å². The molecule has 2 aromatic rings. The smallest absolute Gasteiger partial charge is 0.270 e. The van der Waals surface area contributed by atoms with Crippen LogP contribution in [0.1, 0.15) is 52.4 Å². The van der Waals surface area contributed by atoms with Gasteiger partial charge < -0.3 is 30.9 Å². The molecular weight excluding hydrogens is 502 g/mol. The van der Waals surface area contributed by atoms with Crippen LogP contribution in [0.3, 0.4) is 0 Å². The standard InChI is InChI=1S/C27H35N7O5/c1-16(2)23-25(37)31-11-12-34(27(38)19-13-17-5-4-6-20(17)32-26(19)39-3)15-22(35)30-10-9-28-18-7-8-29-21(14-18)24(36)33-23/h7-8,13-14,16,23,28H,4-6,9-12,15H2,1-3H3,(H,30,35)(H,31,37)(H,33,36)/t23-/m0/s1. The number of aromatic nitrogens is 2. The first-order chi connectivity index (χ1) is 18.8. The van der Waals surface area contributed by atoms with Crippen LogP contribution in [0.5, 0.6) is 5.88 Å². The van der Waals surface area contributed by atoms with Crippen LogP contribution in [0.15, 0.2) is 24.4 Å². The van der Waals surface area contributed by atoms with E-state index in [4.69, 9.17) is 4.74 Å². The predicted octanol–water partition coefficient (Wildman–Crippen LogP) is 0.529. The zero-order chi connectivity index (χ0) is 27.9. The molecular formula is C27H35N7O5. The van der Waals surface area contributed by atoms with Crippen LogP contribution in [0.4, 0.5) is 5.69 Å². The summed E-state index contributed by atoms with van der Waals surface area (Å²) in [5.74, 6) is -1.62. The maximum Gasteiger partial charge on any atom is 0.270 e. The maximum atomic E-state index is 13.6. The number of hydrogen-bond donors (Lipinski definition) is 4. The van der Waals surface area contributed by atoms with E-state index in [1.165, 1.54) is 18.2 Å². The summed E-state index contributed by atoms with van der Waals surface area (Å²) in [7, 11) is 1.46. The fraction of sp³-hybridized carbons (Fsp3) is 0.481. The number of rotatable bonds is 3. The van der Waals surface area contributed by atoms with Crippen molar-refractivity contribution in [3.8, 4) is 5.88 Å². The largest absolute Gasteiger partial charge is 0.480 e. The molecule has 0 unspecified atom stereocenters. The normalized spacial score (nSPS) is 18.8. The zero-order valence-corrected chi connectivity index (χ0v) is 22.5.